The van der Waals surface area contributed by atoms with Crippen LogP contribution in [-0.4, -0.2) is 9.78 Å². The molecule has 3 heteroatoms. The Hall–Kier alpha value is -0.990. The molecule has 1 aromatic heterocycles. The minimum Gasteiger partial charge on any atom is -0.384 e. The molecular formula is C13H23N3. The van der Waals surface area contributed by atoms with Crippen molar-refractivity contribution in [3.8, 4) is 0 Å². The second-order valence-electron chi connectivity index (χ2n) is 5.38. The third-order valence-electron chi connectivity index (χ3n) is 3.74. The molecule has 0 radical (unpaired) electrons. The number of nitrogens with zero attached hydrogens (tertiary/aromatic N) is 2. The van der Waals surface area contributed by atoms with E-state index in [1.807, 2.05) is 11.7 Å². The van der Waals surface area contributed by atoms with Gasteiger partial charge in [0.15, 0.2) is 0 Å². The first-order valence-electron chi connectivity index (χ1n) is 6.40. The van der Waals surface area contributed by atoms with Gasteiger partial charge < -0.3 is 5.73 Å². The molecule has 2 N–H and O–H groups in total. The number of nitrogens with two attached hydrogens (primary N) is 1. The molecule has 3 nitrogen and oxygen atoms in total. The zero-order valence-corrected chi connectivity index (χ0v) is 10.7. The van der Waals surface area contributed by atoms with Gasteiger partial charge in [0.25, 0.3) is 0 Å². The number of anilines is 1. The summed E-state index contributed by atoms with van der Waals surface area (Å²) in [6.45, 7) is 4.40. The maximum absolute atomic E-state index is 6.08. The Morgan fingerprint density at radius 2 is 2.00 bits per heavy atom. The lowest BCUT2D eigenvalue weighted by Gasteiger charge is -2.10. The van der Waals surface area contributed by atoms with Gasteiger partial charge in [0.05, 0.1) is 5.69 Å². The number of hydrogen-bond donors (Lipinski definition) is 1. The normalized spacial score (nSPS) is 17.5. The van der Waals surface area contributed by atoms with E-state index in [4.69, 9.17) is 5.73 Å². The third-order valence-corrected chi connectivity index (χ3v) is 3.74. The van der Waals surface area contributed by atoms with Crippen LogP contribution in [0, 0.1) is 5.92 Å². The van der Waals surface area contributed by atoms with Gasteiger partial charge in [-0.2, -0.15) is 5.10 Å². The Bertz CT molecular complexity index is 359. The highest BCUT2D eigenvalue weighted by atomic mass is 15.3. The molecule has 1 aromatic rings. The fourth-order valence-corrected chi connectivity index (χ4v) is 2.88. The van der Waals surface area contributed by atoms with Crippen LogP contribution in [0.3, 0.4) is 0 Å². The number of hydrogen-bond acceptors (Lipinski definition) is 2. The quantitative estimate of drug-likeness (QED) is 0.853. The van der Waals surface area contributed by atoms with Crippen LogP contribution in [0.5, 0.6) is 0 Å². The molecule has 0 aliphatic heterocycles. The summed E-state index contributed by atoms with van der Waals surface area (Å²) in [6.07, 6.45) is 6.65. The van der Waals surface area contributed by atoms with E-state index >= 15 is 0 Å². The van der Waals surface area contributed by atoms with Crippen molar-refractivity contribution in [1.82, 2.24) is 9.78 Å². The van der Waals surface area contributed by atoms with Crippen LogP contribution in [0.2, 0.25) is 0 Å². The monoisotopic (exact) mass is 221 g/mol. The van der Waals surface area contributed by atoms with Crippen molar-refractivity contribution in [3.63, 3.8) is 0 Å². The predicted molar refractivity (Wildman–Crippen MR) is 67.4 cm³/mol. The molecule has 0 amide bonds. The number of rotatable bonds is 3. The standard InChI is InChI=1S/C13H23N3/c1-9(2)12-11(15-16(3)13(12)14)8-10-6-4-5-7-10/h9-10H,4-8,14H2,1-3H3. The molecule has 1 aliphatic carbocycles. The van der Waals surface area contributed by atoms with Gasteiger partial charge >= 0.3 is 0 Å². The van der Waals surface area contributed by atoms with Crippen LogP contribution in [0.25, 0.3) is 0 Å². The van der Waals surface area contributed by atoms with Crippen molar-refractivity contribution in [3.05, 3.63) is 11.3 Å². The SMILES string of the molecule is CC(C)c1c(CC2CCCC2)nn(C)c1N. The zero-order chi connectivity index (χ0) is 11.7. The maximum atomic E-state index is 6.08. The number of nitrogen functional groups attached to an aromatic ring is 1. The van der Waals surface area contributed by atoms with Gasteiger partial charge in [-0.1, -0.05) is 39.5 Å². The molecule has 0 bridgehead atoms. The molecule has 0 spiro atoms. The molecule has 16 heavy (non-hydrogen) atoms. The molecule has 2 rings (SSSR count). The first-order chi connectivity index (χ1) is 7.59. The van der Waals surface area contributed by atoms with Gasteiger partial charge in [0.2, 0.25) is 0 Å². The van der Waals surface area contributed by atoms with E-state index in [0.29, 0.717) is 5.92 Å². The Kier molecular flexibility index (Phi) is 3.22. The van der Waals surface area contributed by atoms with Crippen LogP contribution >= 0.6 is 0 Å². The summed E-state index contributed by atoms with van der Waals surface area (Å²) in [5.74, 6) is 2.17. The van der Waals surface area contributed by atoms with Gasteiger partial charge in [-0.05, 0) is 18.3 Å². The fraction of sp³-hybridized carbons (Fsp3) is 0.769. The fourth-order valence-electron chi connectivity index (χ4n) is 2.88. The second kappa shape index (κ2) is 4.48. The van der Waals surface area contributed by atoms with Crippen molar-refractivity contribution in [2.45, 2.75) is 51.9 Å². The van der Waals surface area contributed by atoms with Crippen LogP contribution in [0.1, 0.15) is 56.7 Å². The summed E-state index contributed by atoms with van der Waals surface area (Å²) in [5.41, 5.74) is 8.59. The van der Waals surface area contributed by atoms with Crippen molar-refractivity contribution in [2.75, 3.05) is 5.73 Å². The lowest BCUT2D eigenvalue weighted by Crippen LogP contribution is -2.03. The number of aryl methyl sites for hydroxylation is 1. The van der Waals surface area contributed by atoms with E-state index in [9.17, 15) is 0 Å². The van der Waals surface area contributed by atoms with E-state index in [2.05, 4.69) is 18.9 Å². The summed E-state index contributed by atoms with van der Waals surface area (Å²) >= 11 is 0. The Balaban J connectivity index is 2.21. The van der Waals surface area contributed by atoms with E-state index < -0.39 is 0 Å². The van der Waals surface area contributed by atoms with Gasteiger partial charge in [-0.3, -0.25) is 4.68 Å². The topological polar surface area (TPSA) is 43.8 Å². The van der Waals surface area contributed by atoms with Crippen molar-refractivity contribution in [2.24, 2.45) is 13.0 Å². The molecule has 1 aliphatic rings. The highest BCUT2D eigenvalue weighted by Gasteiger charge is 2.22. The Morgan fingerprint density at radius 1 is 1.38 bits per heavy atom. The summed E-state index contributed by atoms with van der Waals surface area (Å²) in [5, 5.41) is 4.59. The summed E-state index contributed by atoms with van der Waals surface area (Å²) in [7, 11) is 1.94. The zero-order valence-electron chi connectivity index (χ0n) is 10.7. The van der Waals surface area contributed by atoms with E-state index in [1.165, 1.54) is 36.9 Å². The average Bonchev–Trinajstić information content (AvgIpc) is 2.77. The van der Waals surface area contributed by atoms with Crippen LogP contribution in [-0.2, 0) is 13.5 Å². The van der Waals surface area contributed by atoms with Gasteiger partial charge in [-0.15, -0.1) is 0 Å². The molecule has 1 fully saturated rings. The predicted octanol–water partition coefficient (Wildman–Crippen LogP) is 2.86. The van der Waals surface area contributed by atoms with Gasteiger partial charge in [0.1, 0.15) is 5.82 Å². The highest BCUT2D eigenvalue weighted by Crippen LogP contribution is 2.32. The molecule has 0 atom stereocenters. The largest absolute Gasteiger partial charge is 0.384 e. The molecule has 0 aromatic carbocycles. The summed E-state index contributed by atoms with van der Waals surface area (Å²) in [4.78, 5) is 0. The minimum atomic E-state index is 0.477. The summed E-state index contributed by atoms with van der Waals surface area (Å²) < 4.78 is 1.83. The van der Waals surface area contributed by atoms with Gasteiger partial charge in [-0.25, -0.2) is 0 Å². The molecule has 0 saturated heterocycles. The maximum Gasteiger partial charge on any atom is 0.125 e. The van der Waals surface area contributed by atoms with E-state index in [-0.39, 0.29) is 0 Å². The van der Waals surface area contributed by atoms with Crippen LogP contribution in [0.4, 0.5) is 5.82 Å². The van der Waals surface area contributed by atoms with Crippen LogP contribution < -0.4 is 5.73 Å². The first-order valence-corrected chi connectivity index (χ1v) is 6.40. The highest BCUT2D eigenvalue weighted by molar-refractivity contribution is 5.45. The van der Waals surface area contributed by atoms with E-state index in [0.717, 1.165) is 18.2 Å². The smallest absolute Gasteiger partial charge is 0.125 e. The first kappa shape index (κ1) is 11.5. The van der Waals surface area contributed by atoms with Crippen molar-refractivity contribution in [1.29, 1.82) is 0 Å². The average molecular weight is 221 g/mol. The van der Waals surface area contributed by atoms with Crippen molar-refractivity contribution >= 4 is 5.82 Å². The molecule has 1 saturated carbocycles. The Labute approximate surface area is 98.0 Å². The minimum absolute atomic E-state index is 0.477. The molecule has 1 heterocycles. The van der Waals surface area contributed by atoms with E-state index in [1.54, 1.807) is 0 Å². The molecular weight excluding hydrogens is 198 g/mol. The summed E-state index contributed by atoms with van der Waals surface area (Å²) in [6, 6.07) is 0. The van der Waals surface area contributed by atoms with Gasteiger partial charge in [0, 0.05) is 12.6 Å². The Morgan fingerprint density at radius 3 is 2.56 bits per heavy atom. The number of aromatic nitrogens is 2. The molecule has 0 unspecified atom stereocenters. The van der Waals surface area contributed by atoms with Crippen LogP contribution in [0.15, 0.2) is 0 Å². The third kappa shape index (κ3) is 2.08. The lowest BCUT2D eigenvalue weighted by molar-refractivity contribution is 0.530. The second-order valence-corrected chi connectivity index (χ2v) is 5.38. The van der Waals surface area contributed by atoms with Crippen molar-refractivity contribution < 1.29 is 0 Å². The lowest BCUT2D eigenvalue weighted by atomic mass is 9.95. The molecule has 90 valence electrons.